The van der Waals surface area contributed by atoms with Gasteiger partial charge in [0.1, 0.15) is 0 Å². The second-order valence-corrected chi connectivity index (χ2v) is 2.51. The van der Waals surface area contributed by atoms with Crippen LogP contribution >= 0.6 is 0 Å². The lowest BCUT2D eigenvalue weighted by atomic mass is 10.0. The zero-order valence-corrected chi connectivity index (χ0v) is 6.26. The van der Waals surface area contributed by atoms with E-state index in [9.17, 15) is 4.91 Å². The van der Waals surface area contributed by atoms with Crippen molar-refractivity contribution >= 4 is 0 Å². The van der Waals surface area contributed by atoms with Crippen LogP contribution in [-0.2, 0) is 0 Å². The van der Waals surface area contributed by atoms with Crippen molar-refractivity contribution in [1.82, 2.24) is 0 Å². The Hall–Kier alpha value is -0.400. The lowest BCUT2D eigenvalue weighted by Crippen LogP contribution is -1.92. The van der Waals surface area contributed by atoms with Crippen LogP contribution in [0.3, 0.4) is 0 Å². The highest BCUT2D eigenvalue weighted by molar-refractivity contribution is 4.51. The molecular formula is C7H15NO. The summed E-state index contributed by atoms with van der Waals surface area (Å²) >= 11 is 0. The average Bonchev–Trinajstić information content (AvgIpc) is 1.89. The Morgan fingerprint density at radius 1 is 1.56 bits per heavy atom. The molecule has 2 heteroatoms. The molecule has 0 bridgehead atoms. The summed E-state index contributed by atoms with van der Waals surface area (Å²) in [6.45, 7) is 4.86. The first-order valence-corrected chi connectivity index (χ1v) is 3.60. The first kappa shape index (κ1) is 8.60. The molecule has 0 saturated heterocycles. The maximum atomic E-state index is 9.62. The fourth-order valence-corrected chi connectivity index (χ4v) is 0.708. The van der Waals surface area contributed by atoms with Gasteiger partial charge >= 0.3 is 0 Å². The van der Waals surface area contributed by atoms with E-state index in [1.165, 1.54) is 6.42 Å². The van der Waals surface area contributed by atoms with Crippen LogP contribution in [0.2, 0.25) is 0 Å². The zero-order chi connectivity index (χ0) is 7.11. The van der Waals surface area contributed by atoms with Crippen LogP contribution in [-0.4, -0.2) is 6.54 Å². The monoisotopic (exact) mass is 129 g/mol. The van der Waals surface area contributed by atoms with Crippen molar-refractivity contribution in [2.24, 2.45) is 11.1 Å². The van der Waals surface area contributed by atoms with Crippen LogP contribution in [0.1, 0.15) is 33.1 Å². The van der Waals surface area contributed by atoms with E-state index in [0.717, 1.165) is 18.8 Å². The van der Waals surface area contributed by atoms with Gasteiger partial charge < -0.3 is 0 Å². The summed E-state index contributed by atoms with van der Waals surface area (Å²) in [7, 11) is 0. The quantitative estimate of drug-likeness (QED) is 0.414. The van der Waals surface area contributed by atoms with E-state index in [2.05, 4.69) is 19.0 Å². The number of hydrogen-bond acceptors (Lipinski definition) is 2. The summed E-state index contributed by atoms with van der Waals surface area (Å²) in [4.78, 5) is 9.62. The lowest BCUT2D eigenvalue weighted by Gasteiger charge is -2.03. The minimum atomic E-state index is 0.490. The summed E-state index contributed by atoms with van der Waals surface area (Å²) in [6.07, 6.45) is 3.31. The molecule has 1 unspecified atom stereocenters. The smallest absolute Gasteiger partial charge is 0.0811 e. The SMILES string of the molecule is CCC(C)CCCN=O. The van der Waals surface area contributed by atoms with Crippen molar-refractivity contribution in [2.45, 2.75) is 33.1 Å². The molecule has 0 fully saturated rings. The van der Waals surface area contributed by atoms with Gasteiger partial charge in [0.2, 0.25) is 0 Å². The van der Waals surface area contributed by atoms with Crippen LogP contribution in [0.25, 0.3) is 0 Å². The molecule has 9 heavy (non-hydrogen) atoms. The Bertz CT molecular complexity index is 73.3. The number of hydrogen-bond donors (Lipinski definition) is 0. The molecule has 0 N–H and O–H groups in total. The van der Waals surface area contributed by atoms with Gasteiger partial charge in [-0.1, -0.05) is 25.4 Å². The van der Waals surface area contributed by atoms with Crippen molar-refractivity contribution in [1.29, 1.82) is 0 Å². The van der Waals surface area contributed by atoms with Gasteiger partial charge in [-0.05, 0) is 18.8 Å². The van der Waals surface area contributed by atoms with E-state index in [4.69, 9.17) is 0 Å². The predicted molar refractivity (Wildman–Crippen MR) is 39.4 cm³/mol. The van der Waals surface area contributed by atoms with Crippen molar-refractivity contribution in [3.8, 4) is 0 Å². The summed E-state index contributed by atoms with van der Waals surface area (Å²) < 4.78 is 0. The van der Waals surface area contributed by atoms with Crippen molar-refractivity contribution in [3.63, 3.8) is 0 Å². The van der Waals surface area contributed by atoms with Crippen molar-refractivity contribution < 1.29 is 0 Å². The molecule has 0 aromatic heterocycles. The van der Waals surface area contributed by atoms with Crippen LogP contribution in [0.5, 0.6) is 0 Å². The van der Waals surface area contributed by atoms with Gasteiger partial charge in [0.15, 0.2) is 0 Å². The van der Waals surface area contributed by atoms with Gasteiger partial charge in [-0.2, -0.15) is 4.91 Å². The van der Waals surface area contributed by atoms with E-state index in [-0.39, 0.29) is 0 Å². The Balaban J connectivity index is 2.96. The topological polar surface area (TPSA) is 29.4 Å². The Morgan fingerprint density at radius 3 is 2.67 bits per heavy atom. The maximum Gasteiger partial charge on any atom is 0.0811 e. The normalized spacial score (nSPS) is 13.1. The third-order valence-electron chi connectivity index (χ3n) is 1.64. The second kappa shape index (κ2) is 5.73. The van der Waals surface area contributed by atoms with E-state index < -0.39 is 0 Å². The van der Waals surface area contributed by atoms with Gasteiger partial charge in [0.25, 0.3) is 0 Å². The lowest BCUT2D eigenvalue weighted by molar-refractivity contribution is 0.499. The maximum absolute atomic E-state index is 9.62. The summed E-state index contributed by atoms with van der Waals surface area (Å²) in [5.74, 6) is 0.756. The number of rotatable bonds is 5. The number of nitroso groups, excluding NO2 is 1. The Labute approximate surface area is 56.6 Å². The van der Waals surface area contributed by atoms with Crippen LogP contribution in [0, 0.1) is 10.8 Å². The molecule has 0 saturated carbocycles. The molecule has 0 rings (SSSR count). The molecule has 0 amide bonds. The molecule has 54 valence electrons. The highest BCUT2D eigenvalue weighted by Crippen LogP contribution is 2.08. The molecular weight excluding hydrogens is 114 g/mol. The first-order chi connectivity index (χ1) is 4.31. The molecule has 0 aromatic rings. The summed E-state index contributed by atoms with van der Waals surface area (Å²) in [5.41, 5.74) is 0. The molecule has 0 radical (unpaired) electrons. The fourth-order valence-electron chi connectivity index (χ4n) is 0.708. The highest BCUT2D eigenvalue weighted by Gasteiger charge is 1.96. The fraction of sp³-hybridized carbons (Fsp3) is 1.00. The molecule has 0 aliphatic rings. The Morgan fingerprint density at radius 2 is 2.22 bits per heavy atom. The molecule has 0 aliphatic carbocycles. The van der Waals surface area contributed by atoms with E-state index >= 15 is 0 Å². The third-order valence-corrected chi connectivity index (χ3v) is 1.64. The van der Waals surface area contributed by atoms with E-state index in [1.54, 1.807) is 0 Å². The van der Waals surface area contributed by atoms with Gasteiger partial charge in [-0.15, -0.1) is 0 Å². The predicted octanol–water partition coefficient (Wildman–Crippen LogP) is 2.58. The van der Waals surface area contributed by atoms with E-state index in [1.807, 2.05) is 0 Å². The molecule has 2 nitrogen and oxygen atoms in total. The molecule has 0 spiro atoms. The molecule has 0 heterocycles. The highest BCUT2D eigenvalue weighted by atomic mass is 16.3. The molecule has 1 atom stereocenters. The summed E-state index contributed by atoms with van der Waals surface area (Å²) in [6, 6.07) is 0. The number of nitrogens with zero attached hydrogens (tertiary/aromatic N) is 1. The third kappa shape index (κ3) is 5.47. The molecule has 0 aromatic carbocycles. The largest absolute Gasteiger partial charge is 0.151 e. The first-order valence-electron chi connectivity index (χ1n) is 3.60. The van der Waals surface area contributed by atoms with Crippen molar-refractivity contribution in [2.75, 3.05) is 6.54 Å². The van der Waals surface area contributed by atoms with Gasteiger partial charge in [-0.25, -0.2) is 0 Å². The Kier molecular flexibility index (Phi) is 5.48. The van der Waals surface area contributed by atoms with Crippen LogP contribution in [0.15, 0.2) is 5.18 Å². The zero-order valence-electron chi connectivity index (χ0n) is 6.26. The van der Waals surface area contributed by atoms with Gasteiger partial charge in [-0.3, -0.25) is 0 Å². The van der Waals surface area contributed by atoms with Gasteiger partial charge in [0, 0.05) is 0 Å². The van der Waals surface area contributed by atoms with Crippen molar-refractivity contribution in [3.05, 3.63) is 4.91 Å². The minimum Gasteiger partial charge on any atom is -0.151 e. The average molecular weight is 129 g/mol. The van der Waals surface area contributed by atoms with Crippen LogP contribution in [0.4, 0.5) is 0 Å². The van der Waals surface area contributed by atoms with E-state index in [0.29, 0.717) is 6.54 Å². The van der Waals surface area contributed by atoms with Gasteiger partial charge in [0.05, 0.1) is 6.54 Å². The standard InChI is InChI=1S/C7H15NO/c1-3-7(2)5-4-6-8-9/h7H,3-6H2,1-2H3. The summed E-state index contributed by atoms with van der Waals surface area (Å²) in [5, 5.41) is 2.79. The minimum absolute atomic E-state index is 0.490. The molecule has 0 aliphatic heterocycles. The second-order valence-electron chi connectivity index (χ2n) is 2.51. The van der Waals surface area contributed by atoms with Crippen LogP contribution < -0.4 is 0 Å².